The zero-order chi connectivity index (χ0) is 17.6. The molecule has 2 fully saturated rings. The van der Waals surface area contributed by atoms with Crippen molar-refractivity contribution in [2.24, 2.45) is 11.8 Å². The van der Waals surface area contributed by atoms with Crippen LogP contribution in [0.4, 0.5) is 0 Å². The smallest absolute Gasteiger partial charge is 0.225 e. The molecule has 0 spiro atoms. The molecule has 2 aliphatic rings. The quantitative estimate of drug-likeness (QED) is 0.858. The van der Waals surface area contributed by atoms with E-state index < -0.39 is 0 Å². The SMILES string of the molecule is CCN1C[C@H](C(=O)NC[C@H]2CCCN(Cc3ccccc3)C2)CC1=O. The first-order valence-corrected chi connectivity index (χ1v) is 9.47. The highest BCUT2D eigenvalue weighted by Crippen LogP contribution is 2.20. The lowest BCUT2D eigenvalue weighted by Crippen LogP contribution is -2.42. The maximum absolute atomic E-state index is 12.4. The fourth-order valence-corrected chi connectivity index (χ4v) is 3.95. The summed E-state index contributed by atoms with van der Waals surface area (Å²) in [4.78, 5) is 28.4. The highest BCUT2D eigenvalue weighted by Gasteiger charge is 2.33. The van der Waals surface area contributed by atoms with E-state index in [1.54, 1.807) is 4.90 Å². The van der Waals surface area contributed by atoms with Gasteiger partial charge in [-0.1, -0.05) is 30.3 Å². The van der Waals surface area contributed by atoms with Gasteiger partial charge in [0.15, 0.2) is 0 Å². The summed E-state index contributed by atoms with van der Waals surface area (Å²) < 4.78 is 0. The molecule has 25 heavy (non-hydrogen) atoms. The number of rotatable bonds is 6. The van der Waals surface area contributed by atoms with E-state index in [4.69, 9.17) is 0 Å². The standard InChI is InChI=1S/C20H29N3O2/c1-2-23-15-18(11-19(23)24)20(25)21-12-17-9-6-10-22(14-17)13-16-7-4-3-5-8-16/h3-5,7-8,17-18H,2,6,9-15H2,1H3,(H,21,25)/t17-,18-/m1/s1. The van der Waals surface area contributed by atoms with Crippen molar-refractivity contribution in [3.8, 4) is 0 Å². The average Bonchev–Trinajstić information content (AvgIpc) is 3.02. The van der Waals surface area contributed by atoms with Crippen LogP contribution in [0.2, 0.25) is 0 Å². The van der Waals surface area contributed by atoms with Crippen molar-refractivity contribution in [2.45, 2.75) is 32.7 Å². The molecular formula is C20H29N3O2. The molecule has 5 heteroatoms. The molecule has 1 aromatic carbocycles. The topological polar surface area (TPSA) is 52.7 Å². The summed E-state index contributed by atoms with van der Waals surface area (Å²) in [6.45, 7) is 7.09. The Balaban J connectivity index is 1.43. The zero-order valence-corrected chi connectivity index (χ0v) is 15.1. The minimum Gasteiger partial charge on any atom is -0.355 e. The summed E-state index contributed by atoms with van der Waals surface area (Å²) in [5.41, 5.74) is 1.34. The number of nitrogens with zero attached hydrogens (tertiary/aromatic N) is 2. The molecule has 0 saturated carbocycles. The van der Waals surface area contributed by atoms with Gasteiger partial charge in [-0.25, -0.2) is 0 Å². The highest BCUT2D eigenvalue weighted by molar-refractivity contribution is 5.89. The normalized spacial score (nSPS) is 24.5. The molecule has 2 saturated heterocycles. The van der Waals surface area contributed by atoms with Gasteiger partial charge in [-0.15, -0.1) is 0 Å². The second kappa shape index (κ2) is 8.48. The van der Waals surface area contributed by atoms with Crippen LogP contribution in [0.25, 0.3) is 0 Å². The van der Waals surface area contributed by atoms with E-state index in [-0.39, 0.29) is 17.7 Å². The third kappa shape index (κ3) is 4.82. The Morgan fingerprint density at radius 1 is 1.24 bits per heavy atom. The predicted octanol–water partition coefficient (Wildman–Crippen LogP) is 1.88. The fraction of sp³-hybridized carbons (Fsp3) is 0.600. The molecule has 3 rings (SSSR count). The largest absolute Gasteiger partial charge is 0.355 e. The lowest BCUT2D eigenvalue weighted by Gasteiger charge is -2.33. The van der Waals surface area contributed by atoms with Crippen molar-refractivity contribution in [1.29, 1.82) is 0 Å². The number of hydrogen-bond donors (Lipinski definition) is 1. The number of likely N-dealkylation sites (tertiary alicyclic amines) is 2. The Hall–Kier alpha value is -1.88. The van der Waals surface area contributed by atoms with E-state index in [2.05, 4.69) is 34.5 Å². The first-order chi connectivity index (χ1) is 12.2. The third-order valence-electron chi connectivity index (χ3n) is 5.38. The molecule has 2 aliphatic heterocycles. The molecule has 0 unspecified atom stereocenters. The maximum Gasteiger partial charge on any atom is 0.225 e. The average molecular weight is 343 g/mol. The molecule has 2 heterocycles. The van der Waals surface area contributed by atoms with Crippen LogP contribution in [-0.2, 0) is 16.1 Å². The van der Waals surface area contributed by atoms with Crippen molar-refractivity contribution in [3.05, 3.63) is 35.9 Å². The Morgan fingerprint density at radius 3 is 2.76 bits per heavy atom. The number of hydrogen-bond acceptors (Lipinski definition) is 3. The molecule has 136 valence electrons. The fourth-order valence-electron chi connectivity index (χ4n) is 3.95. The molecule has 1 aromatic rings. The van der Waals surface area contributed by atoms with Crippen LogP contribution in [0.3, 0.4) is 0 Å². The van der Waals surface area contributed by atoms with Crippen LogP contribution in [0.1, 0.15) is 31.7 Å². The molecule has 0 radical (unpaired) electrons. The maximum atomic E-state index is 12.4. The molecular weight excluding hydrogens is 314 g/mol. The van der Waals surface area contributed by atoms with Gasteiger partial charge in [-0.3, -0.25) is 14.5 Å². The van der Waals surface area contributed by atoms with Gasteiger partial charge < -0.3 is 10.2 Å². The van der Waals surface area contributed by atoms with E-state index in [1.165, 1.54) is 12.0 Å². The Kier molecular flexibility index (Phi) is 6.08. The van der Waals surface area contributed by atoms with Gasteiger partial charge in [-0.2, -0.15) is 0 Å². The van der Waals surface area contributed by atoms with Crippen molar-refractivity contribution >= 4 is 11.8 Å². The lowest BCUT2D eigenvalue weighted by atomic mass is 9.97. The number of nitrogens with one attached hydrogen (secondary N) is 1. The first kappa shape index (κ1) is 17.9. The number of amides is 2. The van der Waals surface area contributed by atoms with E-state index in [0.717, 1.165) is 32.6 Å². The minimum absolute atomic E-state index is 0.0458. The van der Waals surface area contributed by atoms with Crippen LogP contribution >= 0.6 is 0 Å². The lowest BCUT2D eigenvalue weighted by molar-refractivity contribution is -0.128. The van der Waals surface area contributed by atoms with Crippen molar-refractivity contribution < 1.29 is 9.59 Å². The van der Waals surface area contributed by atoms with E-state index in [9.17, 15) is 9.59 Å². The second-order valence-corrected chi connectivity index (χ2v) is 7.31. The van der Waals surface area contributed by atoms with Gasteiger partial charge in [0.25, 0.3) is 0 Å². The number of carbonyl (C=O) groups is 2. The zero-order valence-electron chi connectivity index (χ0n) is 15.1. The summed E-state index contributed by atoms with van der Waals surface area (Å²) >= 11 is 0. The molecule has 5 nitrogen and oxygen atoms in total. The predicted molar refractivity (Wildman–Crippen MR) is 97.8 cm³/mol. The van der Waals surface area contributed by atoms with Gasteiger partial charge in [0.2, 0.25) is 11.8 Å². The van der Waals surface area contributed by atoms with Crippen molar-refractivity contribution in [2.75, 3.05) is 32.7 Å². The van der Waals surface area contributed by atoms with E-state index >= 15 is 0 Å². The monoisotopic (exact) mass is 343 g/mol. The summed E-state index contributed by atoms with van der Waals surface area (Å²) in [7, 11) is 0. The molecule has 0 aromatic heterocycles. The van der Waals surface area contributed by atoms with Crippen LogP contribution in [0, 0.1) is 11.8 Å². The molecule has 2 atom stereocenters. The van der Waals surface area contributed by atoms with Crippen LogP contribution in [0.15, 0.2) is 30.3 Å². The molecule has 1 N–H and O–H groups in total. The second-order valence-electron chi connectivity index (χ2n) is 7.31. The third-order valence-corrected chi connectivity index (χ3v) is 5.38. The highest BCUT2D eigenvalue weighted by atomic mass is 16.2. The summed E-state index contributed by atoms with van der Waals surface area (Å²) in [5.74, 6) is 0.482. The summed E-state index contributed by atoms with van der Waals surface area (Å²) in [5, 5.41) is 3.10. The van der Waals surface area contributed by atoms with Crippen LogP contribution in [-0.4, -0.2) is 54.3 Å². The summed E-state index contributed by atoms with van der Waals surface area (Å²) in [6.07, 6.45) is 2.71. The van der Waals surface area contributed by atoms with Gasteiger partial charge >= 0.3 is 0 Å². The first-order valence-electron chi connectivity index (χ1n) is 9.47. The van der Waals surface area contributed by atoms with Gasteiger partial charge in [-0.05, 0) is 37.8 Å². The molecule has 2 amide bonds. The Bertz CT molecular complexity index is 590. The summed E-state index contributed by atoms with van der Waals surface area (Å²) in [6, 6.07) is 10.5. The Labute approximate surface area is 150 Å². The van der Waals surface area contributed by atoms with E-state index in [0.29, 0.717) is 25.4 Å². The number of carbonyl (C=O) groups excluding carboxylic acids is 2. The van der Waals surface area contributed by atoms with Gasteiger partial charge in [0, 0.05) is 39.1 Å². The number of benzene rings is 1. The Morgan fingerprint density at radius 2 is 2.04 bits per heavy atom. The van der Waals surface area contributed by atoms with Crippen LogP contribution in [0.5, 0.6) is 0 Å². The minimum atomic E-state index is -0.170. The van der Waals surface area contributed by atoms with Crippen molar-refractivity contribution in [1.82, 2.24) is 15.1 Å². The number of piperidine rings is 1. The van der Waals surface area contributed by atoms with Crippen molar-refractivity contribution in [3.63, 3.8) is 0 Å². The van der Waals surface area contributed by atoms with Gasteiger partial charge in [0.1, 0.15) is 0 Å². The van der Waals surface area contributed by atoms with Crippen LogP contribution < -0.4 is 5.32 Å². The van der Waals surface area contributed by atoms with Gasteiger partial charge in [0.05, 0.1) is 5.92 Å². The molecule has 0 bridgehead atoms. The molecule has 0 aliphatic carbocycles. The van der Waals surface area contributed by atoms with E-state index in [1.807, 2.05) is 13.0 Å².